The van der Waals surface area contributed by atoms with Crippen LogP contribution in [0.5, 0.6) is 0 Å². The molecule has 8 nitrogen and oxygen atoms in total. The number of H-pyrrole nitrogens is 1. The fraction of sp³-hybridized carbons (Fsp3) is 0.444. The van der Waals surface area contributed by atoms with Crippen molar-refractivity contribution >= 4 is 17.4 Å². The number of amides is 1. The Balaban J connectivity index is 1.71. The molecule has 0 aliphatic carbocycles. The summed E-state index contributed by atoms with van der Waals surface area (Å²) in [6.07, 6.45) is 4.69. The van der Waals surface area contributed by atoms with Gasteiger partial charge in [-0.25, -0.2) is 10.0 Å². The first kappa shape index (κ1) is 18.1. The molecule has 2 aromatic heterocycles. The Morgan fingerprint density at radius 3 is 2.92 bits per heavy atom. The first-order valence-corrected chi connectivity index (χ1v) is 8.86. The summed E-state index contributed by atoms with van der Waals surface area (Å²) in [5.41, 5.74) is 1.85. The van der Waals surface area contributed by atoms with Gasteiger partial charge in [-0.1, -0.05) is 38.3 Å². The molecular weight excluding hydrogens is 334 g/mol. The molecule has 2 N–H and O–H groups in total. The van der Waals surface area contributed by atoms with E-state index in [0.29, 0.717) is 29.7 Å². The molecule has 2 heterocycles. The maximum Gasteiger partial charge on any atom is 0.233 e. The molecule has 0 aliphatic heterocycles. The van der Waals surface area contributed by atoms with Gasteiger partial charge in [-0.05, 0) is 18.6 Å². The van der Waals surface area contributed by atoms with E-state index in [1.807, 2.05) is 24.3 Å². The highest BCUT2D eigenvalue weighted by molar-refractivity contribution is 5.74. The number of para-hydroxylation sites is 2. The quantitative estimate of drug-likeness (QED) is 0.250. The van der Waals surface area contributed by atoms with Gasteiger partial charge in [0.1, 0.15) is 5.82 Å². The highest BCUT2D eigenvalue weighted by atomic mass is 16.5. The molecule has 0 fully saturated rings. The molecule has 1 amide bonds. The Morgan fingerprint density at radius 1 is 1.31 bits per heavy atom. The second kappa shape index (κ2) is 8.57. The molecule has 0 unspecified atom stereocenters. The van der Waals surface area contributed by atoms with Gasteiger partial charge in [0.15, 0.2) is 0 Å². The third kappa shape index (κ3) is 4.45. The molecule has 3 rings (SSSR count). The number of hydrogen-bond donors (Lipinski definition) is 2. The normalized spacial score (nSPS) is 12.4. The number of aromatic amines is 1. The summed E-state index contributed by atoms with van der Waals surface area (Å²) >= 11 is 0. The van der Waals surface area contributed by atoms with E-state index < -0.39 is 0 Å². The van der Waals surface area contributed by atoms with Gasteiger partial charge in [-0.15, -0.1) is 10.2 Å². The van der Waals surface area contributed by atoms with Crippen molar-refractivity contribution in [3.63, 3.8) is 0 Å². The van der Waals surface area contributed by atoms with Crippen LogP contribution >= 0.6 is 0 Å². The molecule has 1 aromatic carbocycles. The second-order valence-electron chi connectivity index (χ2n) is 6.33. The van der Waals surface area contributed by atoms with Gasteiger partial charge in [0.2, 0.25) is 18.2 Å². The zero-order valence-electron chi connectivity index (χ0n) is 14.8. The molecule has 0 radical (unpaired) electrons. The van der Waals surface area contributed by atoms with Gasteiger partial charge in [-0.2, -0.15) is 0 Å². The number of hydroxylamine groups is 2. The zero-order chi connectivity index (χ0) is 18.4. The van der Waals surface area contributed by atoms with Crippen LogP contribution in [0.3, 0.4) is 0 Å². The summed E-state index contributed by atoms with van der Waals surface area (Å²) in [5, 5.41) is 18.4. The fourth-order valence-electron chi connectivity index (χ4n) is 2.94. The molecule has 0 saturated heterocycles. The Labute approximate surface area is 151 Å². The van der Waals surface area contributed by atoms with Crippen LogP contribution in [-0.2, 0) is 11.2 Å². The van der Waals surface area contributed by atoms with Crippen molar-refractivity contribution in [3.05, 3.63) is 41.9 Å². The minimum absolute atomic E-state index is 0.138. The highest BCUT2D eigenvalue weighted by Gasteiger charge is 2.21. The first-order chi connectivity index (χ1) is 12.7. The van der Waals surface area contributed by atoms with Crippen LogP contribution in [0.15, 0.2) is 28.7 Å². The van der Waals surface area contributed by atoms with Crippen LogP contribution in [-0.4, -0.2) is 43.4 Å². The van der Waals surface area contributed by atoms with Crippen molar-refractivity contribution in [1.82, 2.24) is 25.2 Å². The number of nitrogens with zero attached hydrogens (tertiary/aromatic N) is 4. The Morgan fingerprint density at radius 2 is 2.15 bits per heavy atom. The van der Waals surface area contributed by atoms with E-state index in [2.05, 4.69) is 27.1 Å². The van der Waals surface area contributed by atoms with Crippen molar-refractivity contribution in [1.29, 1.82) is 0 Å². The Hall–Kier alpha value is -2.74. The molecule has 0 spiro atoms. The van der Waals surface area contributed by atoms with Gasteiger partial charge < -0.3 is 9.40 Å². The van der Waals surface area contributed by atoms with Crippen LogP contribution in [0.2, 0.25) is 0 Å². The summed E-state index contributed by atoms with van der Waals surface area (Å²) in [7, 11) is 0. The Bertz CT molecular complexity index is 811. The van der Waals surface area contributed by atoms with Crippen molar-refractivity contribution in [2.45, 2.75) is 44.9 Å². The number of rotatable bonds is 10. The van der Waals surface area contributed by atoms with Crippen LogP contribution in [0, 0.1) is 0 Å². The van der Waals surface area contributed by atoms with E-state index in [4.69, 9.17) is 4.42 Å². The molecule has 26 heavy (non-hydrogen) atoms. The molecular formula is C18H23N5O3. The lowest BCUT2D eigenvalue weighted by molar-refractivity contribution is -0.151. The van der Waals surface area contributed by atoms with E-state index in [1.54, 1.807) is 0 Å². The molecule has 0 saturated carbocycles. The van der Waals surface area contributed by atoms with E-state index >= 15 is 0 Å². The van der Waals surface area contributed by atoms with Crippen molar-refractivity contribution < 1.29 is 14.4 Å². The SMILES string of the molecule is CCCCC[C@H](CN(O)C=O)c1nnc(Cc2nc3ccccc3[nH]2)o1. The molecule has 0 aliphatic rings. The van der Waals surface area contributed by atoms with E-state index in [-0.39, 0.29) is 12.5 Å². The third-order valence-electron chi connectivity index (χ3n) is 4.27. The lowest BCUT2D eigenvalue weighted by Gasteiger charge is -2.16. The summed E-state index contributed by atoms with van der Waals surface area (Å²) < 4.78 is 5.79. The predicted octanol–water partition coefficient (Wildman–Crippen LogP) is 3.05. The summed E-state index contributed by atoms with van der Waals surface area (Å²) in [6, 6.07) is 7.79. The monoisotopic (exact) mass is 357 g/mol. The molecule has 0 bridgehead atoms. The van der Waals surface area contributed by atoms with Gasteiger partial charge >= 0.3 is 0 Å². The van der Waals surface area contributed by atoms with Crippen LogP contribution < -0.4 is 0 Å². The standard InChI is InChI=1S/C18H23N5O3/c1-2-3-4-7-13(11-23(25)12-24)18-22-21-17(26-18)10-16-19-14-8-5-6-9-15(14)20-16/h5-6,8-9,12-13,25H,2-4,7,10-11H2,1H3,(H,19,20)/t13-/m1/s1. The van der Waals surface area contributed by atoms with E-state index in [1.165, 1.54) is 0 Å². The number of unbranched alkanes of at least 4 members (excludes halogenated alkanes) is 2. The van der Waals surface area contributed by atoms with E-state index in [9.17, 15) is 10.0 Å². The number of imidazole rings is 1. The van der Waals surface area contributed by atoms with Gasteiger partial charge in [0, 0.05) is 0 Å². The lowest BCUT2D eigenvalue weighted by atomic mass is 10.0. The van der Waals surface area contributed by atoms with Gasteiger partial charge in [-0.3, -0.25) is 10.0 Å². The summed E-state index contributed by atoms with van der Waals surface area (Å²) in [4.78, 5) is 18.5. The first-order valence-electron chi connectivity index (χ1n) is 8.86. The topological polar surface area (TPSA) is 108 Å². The Kier molecular flexibility index (Phi) is 5.96. The number of hydrogen-bond acceptors (Lipinski definition) is 6. The molecule has 1 atom stereocenters. The molecule has 3 aromatic rings. The lowest BCUT2D eigenvalue weighted by Crippen LogP contribution is -2.24. The second-order valence-corrected chi connectivity index (χ2v) is 6.33. The zero-order valence-corrected chi connectivity index (χ0v) is 14.8. The predicted molar refractivity (Wildman–Crippen MR) is 94.6 cm³/mol. The molecule has 138 valence electrons. The minimum Gasteiger partial charge on any atom is -0.424 e. The summed E-state index contributed by atoms with van der Waals surface area (Å²) in [6.45, 7) is 2.26. The third-order valence-corrected chi connectivity index (χ3v) is 4.27. The fourth-order valence-corrected chi connectivity index (χ4v) is 2.94. The maximum absolute atomic E-state index is 10.7. The number of aromatic nitrogens is 4. The minimum atomic E-state index is -0.186. The van der Waals surface area contributed by atoms with Crippen LogP contribution in [0.4, 0.5) is 0 Å². The smallest absolute Gasteiger partial charge is 0.233 e. The van der Waals surface area contributed by atoms with E-state index in [0.717, 1.165) is 42.5 Å². The van der Waals surface area contributed by atoms with Crippen molar-refractivity contribution in [2.75, 3.05) is 6.54 Å². The average Bonchev–Trinajstić information content (AvgIpc) is 3.27. The number of benzene rings is 1. The highest BCUT2D eigenvalue weighted by Crippen LogP contribution is 2.23. The van der Waals surface area contributed by atoms with Gasteiger partial charge in [0.25, 0.3) is 0 Å². The molecule has 8 heteroatoms. The number of carbonyl (C=O) groups is 1. The van der Waals surface area contributed by atoms with Crippen molar-refractivity contribution in [3.8, 4) is 0 Å². The van der Waals surface area contributed by atoms with Gasteiger partial charge in [0.05, 0.1) is 29.9 Å². The van der Waals surface area contributed by atoms with Crippen molar-refractivity contribution in [2.24, 2.45) is 0 Å². The average molecular weight is 357 g/mol. The maximum atomic E-state index is 10.7. The summed E-state index contributed by atoms with van der Waals surface area (Å²) in [5.74, 6) is 1.46. The number of nitrogens with one attached hydrogen (secondary N) is 1. The van der Waals surface area contributed by atoms with Crippen LogP contribution in [0.25, 0.3) is 11.0 Å². The largest absolute Gasteiger partial charge is 0.424 e. The number of carbonyl (C=O) groups excluding carboxylic acids is 1. The number of fused-ring (bicyclic) bond motifs is 1. The van der Waals surface area contributed by atoms with Crippen LogP contribution in [0.1, 0.15) is 56.1 Å².